The molecule has 9 heteroatoms. The van der Waals surface area contributed by atoms with E-state index in [0.29, 0.717) is 6.42 Å². The lowest BCUT2D eigenvalue weighted by Gasteiger charge is -2.23. The van der Waals surface area contributed by atoms with Gasteiger partial charge < -0.3 is 15.5 Å². The molecular formula is C24H41N3O6. The first-order chi connectivity index (χ1) is 17.5. The summed E-state index contributed by atoms with van der Waals surface area (Å²) in [6.07, 6.45) is 3.78. The normalized spacial score (nSPS) is 17.1. The monoisotopic (exact) mass is 471 g/mol. The molecule has 188 valence electrons. The number of anilines is 1. The summed E-state index contributed by atoms with van der Waals surface area (Å²) in [6.45, 7) is 1.42. The minimum atomic E-state index is -2.05. The summed E-state index contributed by atoms with van der Waals surface area (Å²) in [5, 5.41) is 45.1. The predicted molar refractivity (Wildman–Crippen MR) is 131 cm³/mol. The maximum absolute atomic E-state index is 11.3. The second kappa shape index (κ2) is 17.2. The van der Waals surface area contributed by atoms with Crippen molar-refractivity contribution in [1.82, 2.24) is 0 Å². The number of rotatable bonds is 20. The quantitative estimate of drug-likeness (QED) is 0.118. The number of unbranched alkanes of at least 4 members (excludes halogenated alkanes) is 9. The summed E-state index contributed by atoms with van der Waals surface area (Å²) < 4.78 is 33.0. The molecule has 0 aromatic heterocycles. The average molecular weight is 472 g/mol. The Morgan fingerprint density at radius 2 is 1.55 bits per heavy atom. The van der Waals surface area contributed by atoms with Crippen LogP contribution in [0.5, 0.6) is 0 Å². The third-order valence-corrected chi connectivity index (χ3v) is 5.42. The van der Waals surface area contributed by atoms with Crippen LogP contribution >= 0.6 is 0 Å². The Kier molecular flexibility index (Phi) is 11.8. The fourth-order valence-electron chi connectivity index (χ4n) is 3.44. The number of non-ortho nitro benzene ring substituents is 1. The lowest BCUT2D eigenvalue weighted by Crippen LogP contribution is -2.37. The van der Waals surface area contributed by atoms with Crippen LogP contribution in [0.15, 0.2) is 18.2 Å². The first-order valence-electron chi connectivity index (χ1n) is 13.9. The molecule has 0 unspecified atom stereocenters. The highest BCUT2D eigenvalue weighted by Gasteiger charge is 2.24. The van der Waals surface area contributed by atoms with E-state index in [4.69, 9.17) is 5.48 Å². The smallest absolute Gasteiger partial charge is 0.299 e. The molecule has 0 radical (unpaired) electrons. The van der Waals surface area contributed by atoms with Gasteiger partial charge in [0, 0.05) is 11.5 Å². The van der Waals surface area contributed by atoms with Crippen molar-refractivity contribution in [2.45, 2.75) is 109 Å². The van der Waals surface area contributed by atoms with Crippen LogP contribution in [0.1, 0.15) is 102 Å². The molecule has 0 aliphatic heterocycles. The number of nitrogens with zero attached hydrogens (tertiary/aromatic N) is 2. The zero-order chi connectivity index (χ0) is 28.0. The number of hydrogen-bond donors (Lipinski definition) is 3. The molecule has 33 heavy (non-hydrogen) atoms. The summed E-state index contributed by atoms with van der Waals surface area (Å²) in [5.41, 5.74) is -1.38. The van der Waals surface area contributed by atoms with E-state index in [9.17, 15) is 30.4 Å². The first kappa shape index (κ1) is 22.5. The summed E-state index contributed by atoms with van der Waals surface area (Å²) in [4.78, 5) is 20.6. The van der Waals surface area contributed by atoms with Gasteiger partial charge in [0.15, 0.2) is 0 Å². The number of nitro benzene ring substituents is 2. The molecule has 0 aliphatic carbocycles. The number of aliphatic hydroxyl groups is 2. The van der Waals surface area contributed by atoms with Crippen molar-refractivity contribution in [2.24, 2.45) is 0 Å². The van der Waals surface area contributed by atoms with E-state index in [2.05, 4.69) is 12.2 Å². The van der Waals surface area contributed by atoms with Gasteiger partial charge in [-0.25, -0.2) is 0 Å². The summed E-state index contributed by atoms with van der Waals surface area (Å²) in [5.74, 6) is 0. The largest absolute Gasteiger partial charge is 0.394 e. The maximum Gasteiger partial charge on any atom is 0.299 e. The molecule has 0 saturated carbocycles. The summed E-state index contributed by atoms with van der Waals surface area (Å²) in [6, 6.07) is 1.49. The molecule has 1 rings (SSSR count). The van der Waals surface area contributed by atoms with Crippen molar-refractivity contribution in [1.29, 1.82) is 0 Å². The third-order valence-electron chi connectivity index (χ3n) is 5.42. The number of aliphatic hydroxyl groups excluding tert-OH is 2. The molecule has 0 bridgehead atoms. The van der Waals surface area contributed by atoms with Crippen molar-refractivity contribution in [3.8, 4) is 0 Å². The molecule has 3 N–H and O–H groups in total. The van der Waals surface area contributed by atoms with Crippen molar-refractivity contribution < 1.29 is 25.5 Å². The minimum absolute atomic E-state index is 0.0603. The van der Waals surface area contributed by atoms with Crippen molar-refractivity contribution in [3.63, 3.8) is 0 Å². The highest BCUT2D eigenvalue weighted by Crippen LogP contribution is 2.30. The molecule has 1 aromatic carbocycles. The summed E-state index contributed by atoms with van der Waals surface area (Å²) >= 11 is 0. The highest BCUT2D eigenvalue weighted by molar-refractivity contribution is 5.65. The lowest BCUT2D eigenvalue weighted by atomic mass is 10.0. The first-order valence-corrected chi connectivity index (χ1v) is 11.8. The van der Waals surface area contributed by atoms with E-state index in [1.807, 2.05) is 0 Å². The number of nitro groups is 2. The van der Waals surface area contributed by atoms with Gasteiger partial charge in [-0.2, -0.15) is 0 Å². The van der Waals surface area contributed by atoms with E-state index in [1.165, 1.54) is 32.1 Å². The Labute approximate surface area is 202 Å². The van der Waals surface area contributed by atoms with E-state index in [0.717, 1.165) is 43.9 Å². The number of nitrogens with one attached hydrogen (secondary N) is 1. The molecular weight excluding hydrogens is 426 g/mol. The van der Waals surface area contributed by atoms with Gasteiger partial charge >= 0.3 is 0 Å². The van der Waals surface area contributed by atoms with Crippen molar-refractivity contribution in [3.05, 3.63) is 38.4 Å². The fraction of sp³-hybridized carbons (Fsp3) is 0.750. The maximum atomic E-state index is 11.3. The standard InChI is InChI=1S/C24H41N3O6/c1-2-3-4-5-6-7-8-9-10-11-12-13-14-15-24(29)22(19-28)25-21-17-16-20(26(30)31)18-23(21)27(32)33/h16-18,22,24-25,28-29H,2-15,19H2,1H3/t22-,24+/m0/s1/i13D2,14D,15D/t14-,15-,22+,24-/m1. The van der Waals surface area contributed by atoms with Crippen molar-refractivity contribution >= 4 is 17.1 Å². The molecule has 9 nitrogen and oxygen atoms in total. The molecule has 1 aromatic rings. The highest BCUT2D eigenvalue weighted by atomic mass is 16.6. The average Bonchev–Trinajstić information content (AvgIpc) is 2.86. The van der Waals surface area contributed by atoms with E-state index in [1.54, 1.807) is 0 Å². The second-order valence-electron chi connectivity index (χ2n) is 8.13. The molecule has 0 heterocycles. The SMILES string of the molecule is [2H][C@@H]([C@@H](O)[C@H](CO)Nc1ccc([N+](=O)[O-])cc1[N+](=O)[O-])[C@H]([2H])C([2H])([2H])CCCCCCCCCCCC. The van der Waals surface area contributed by atoms with Crippen LogP contribution in [-0.4, -0.2) is 38.8 Å². The predicted octanol–water partition coefficient (Wildman–Crippen LogP) is 6.12. The topological polar surface area (TPSA) is 139 Å². The molecule has 0 amide bonds. The van der Waals surface area contributed by atoms with Gasteiger partial charge in [0.1, 0.15) is 5.69 Å². The number of benzene rings is 1. The van der Waals surface area contributed by atoms with Gasteiger partial charge in [0.05, 0.1) is 34.7 Å². The van der Waals surface area contributed by atoms with Crippen LogP contribution in [0.3, 0.4) is 0 Å². The number of hydrogen-bond acceptors (Lipinski definition) is 7. The van der Waals surface area contributed by atoms with Gasteiger partial charge in [-0.3, -0.25) is 20.2 Å². The zero-order valence-electron chi connectivity index (χ0n) is 23.4. The van der Waals surface area contributed by atoms with E-state index in [-0.39, 0.29) is 12.1 Å². The molecule has 0 saturated heterocycles. The fourth-order valence-corrected chi connectivity index (χ4v) is 3.44. The minimum Gasteiger partial charge on any atom is -0.394 e. The van der Waals surface area contributed by atoms with Crippen LogP contribution < -0.4 is 5.32 Å². The Hall–Kier alpha value is -2.26. The van der Waals surface area contributed by atoms with Gasteiger partial charge in [-0.1, -0.05) is 90.3 Å². The summed E-state index contributed by atoms with van der Waals surface area (Å²) in [7, 11) is 0. The molecule has 0 fully saturated rings. The second-order valence-corrected chi connectivity index (χ2v) is 8.13. The van der Waals surface area contributed by atoms with E-state index < -0.39 is 59.1 Å². The van der Waals surface area contributed by atoms with Crippen molar-refractivity contribution in [2.75, 3.05) is 11.9 Å². The van der Waals surface area contributed by atoms with Crippen LogP contribution in [0.2, 0.25) is 0 Å². The third kappa shape index (κ3) is 12.0. The molecule has 4 atom stereocenters. The van der Waals surface area contributed by atoms with Crippen LogP contribution in [0.25, 0.3) is 0 Å². The van der Waals surface area contributed by atoms with Gasteiger partial charge in [0.25, 0.3) is 11.4 Å². The van der Waals surface area contributed by atoms with E-state index >= 15 is 0 Å². The van der Waals surface area contributed by atoms with Gasteiger partial charge in [-0.05, 0) is 12.5 Å². The Bertz CT molecular complexity index is 849. The van der Waals surface area contributed by atoms with Crippen LogP contribution in [0.4, 0.5) is 17.1 Å². The molecule has 0 spiro atoms. The molecule has 0 aliphatic rings. The van der Waals surface area contributed by atoms with Crippen LogP contribution in [0, 0.1) is 20.2 Å². The van der Waals surface area contributed by atoms with Gasteiger partial charge in [0.2, 0.25) is 0 Å². The Morgan fingerprint density at radius 3 is 2.06 bits per heavy atom. The lowest BCUT2D eigenvalue weighted by molar-refractivity contribution is -0.393. The van der Waals surface area contributed by atoms with Crippen LogP contribution in [-0.2, 0) is 0 Å². The Balaban J connectivity index is 2.65. The van der Waals surface area contributed by atoms with Gasteiger partial charge in [-0.15, -0.1) is 0 Å². The Morgan fingerprint density at radius 1 is 0.970 bits per heavy atom. The zero-order valence-corrected chi connectivity index (χ0v) is 19.4.